The van der Waals surface area contributed by atoms with Gasteiger partial charge in [-0.3, -0.25) is 9.78 Å². The number of hydrogen-bond donors (Lipinski definition) is 2. The number of pyridine rings is 1. The lowest BCUT2D eigenvalue weighted by molar-refractivity contribution is 0.101. The minimum absolute atomic E-state index is 0.0998. The lowest BCUT2D eigenvalue weighted by atomic mass is 10.3. The lowest BCUT2D eigenvalue weighted by Crippen LogP contribution is -2.17. The molecule has 5 nitrogen and oxygen atoms in total. The number of nitrogen functional groups attached to an aromatic ring is 1. The number of rotatable bonds is 4. The first kappa shape index (κ1) is 13.1. The van der Waals surface area contributed by atoms with Crippen molar-refractivity contribution < 1.29 is 9.18 Å². The molecule has 2 heterocycles. The van der Waals surface area contributed by atoms with E-state index in [4.69, 9.17) is 5.73 Å². The molecule has 0 spiro atoms. The number of hydrogen-bond acceptors (Lipinski definition) is 3. The Morgan fingerprint density at radius 2 is 2.37 bits per heavy atom. The minimum Gasteiger partial charge on any atom is -0.397 e. The summed E-state index contributed by atoms with van der Waals surface area (Å²) in [4.78, 5) is 15.7. The summed E-state index contributed by atoms with van der Waals surface area (Å²) in [6.07, 6.45) is 5.03. The quantitative estimate of drug-likeness (QED) is 0.887. The molecule has 19 heavy (non-hydrogen) atoms. The average molecular weight is 262 g/mol. The zero-order valence-electron chi connectivity index (χ0n) is 10.6. The molecule has 3 N–H and O–H groups in total. The van der Waals surface area contributed by atoms with Crippen LogP contribution in [0.4, 0.5) is 15.8 Å². The molecular weight excluding hydrogens is 247 g/mol. The van der Waals surface area contributed by atoms with Crippen molar-refractivity contribution in [1.82, 2.24) is 9.55 Å². The van der Waals surface area contributed by atoms with Crippen LogP contribution in [-0.2, 0) is 6.54 Å². The fourth-order valence-electron chi connectivity index (χ4n) is 1.81. The van der Waals surface area contributed by atoms with E-state index in [-0.39, 0.29) is 5.69 Å². The number of aromatic nitrogens is 2. The smallest absolute Gasteiger partial charge is 0.272 e. The summed E-state index contributed by atoms with van der Waals surface area (Å²) >= 11 is 0. The van der Waals surface area contributed by atoms with Gasteiger partial charge in [0, 0.05) is 18.9 Å². The number of nitrogens with one attached hydrogen (secondary N) is 1. The molecule has 0 aromatic carbocycles. The van der Waals surface area contributed by atoms with E-state index in [0.717, 1.165) is 12.6 Å². The van der Waals surface area contributed by atoms with E-state index in [0.29, 0.717) is 17.9 Å². The van der Waals surface area contributed by atoms with E-state index in [9.17, 15) is 9.18 Å². The lowest BCUT2D eigenvalue weighted by Gasteiger charge is -2.08. The SMILES string of the molecule is CCCn1cc(N)cc1C(=O)Nc1ccncc1F. The maximum absolute atomic E-state index is 13.4. The molecular formula is C13H15FN4O. The van der Waals surface area contributed by atoms with Crippen molar-refractivity contribution in [3.05, 3.63) is 42.2 Å². The number of carbonyl (C=O) groups excluding carboxylic acids is 1. The van der Waals surface area contributed by atoms with Crippen LogP contribution in [0.15, 0.2) is 30.7 Å². The fraction of sp³-hybridized carbons (Fsp3) is 0.231. The number of aryl methyl sites for hydroxylation is 1. The maximum atomic E-state index is 13.4. The third kappa shape index (κ3) is 2.90. The van der Waals surface area contributed by atoms with Crippen molar-refractivity contribution in [3.63, 3.8) is 0 Å². The van der Waals surface area contributed by atoms with Gasteiger partial charge in [-0.15, -0.1) is 0 Å². The van der Waals surface area contributed by atoms with Gasteiger partial charge in [0.1, 0.15) is 5.69 Å². The highest BCUT2D eigenvalue weighted by atomic mass is 19.1. The molecule has 2 aromatic heterocycles. The molecule has 2 rings (SSSR count). The number of anilines is 2. The highest BCUT2D eigenvalue weighted by Crippen LogP contribution is 2.16. The van der Waals surface area contributed by atoms with Crippen molar-refractivity contribution >= 4 is 17.3 Å². The van der Waals surface area contributed by atoms with Gasteiger partial charge in [-0.2, -0.15) is 0 Å². The van der Waals surface area contributed by atoms with Crippen molar-refractivity contribution in [1.29, 1.82) is 0 Å². The van der Waals surface area contributed by atoms with Gasteiger partial charge < -0.3 is 15.6 Å². The van der Waals surface area contributed by atoms with Crippen molar-refractivity contribution in [2.75, 3.05) is 11.1 Å². The average Bonchev–Trinajstić information content (AvgIpc) is 2.74. The normalized spacial score (nSPS) is 10.4. The standard InChI is InChI=1S/C13H15FN4O/c1-2-5-18-8-9(15)6-12(18)13(19)17-11-3-4-16-7-10(11)14/h3-4,6-8H,2,5,15H2,1H3,(H,16,17,19). The molecule has 0 atom stereocenters. The first-order valence-electron chi connectivity index (χ1n) is 5.98. The van der Waals surface area contributed by atoms with Gasteiger partial charge >= 0.3 is 0 Å². The zero-order valence-corrected chi connectivity index (χ0v) is 10.6. The topological polar surface area (TPSA) is 72.9 Å². The van der Waals surface area contributed by atoms with Gasteiger partial charge in [-0.1, -0.05) is 6.92 Å². The van der Waals surface area contributed by atoms with Gasteiger partial charge in [-0.25, -0.2) is 4.39 Å². The summed E-state index contributed by atoms with van der Waals surface area (Å²) in [6, 6.07) is 2.98. The molecule has 0 radical (unpaired) electrons. The maximum Gasteiger partial charge on any atom is 0.272 e. The first-order valence-corrected chi connectivity index (χ1v) is 5.98. The Morgan fingerprint density at radius 1 is 1.58 bits per heavy atom. The summed E-state index contributed by atoms with van der Waals surface area (Å²) in [6.45, 7) is 2.68. The second-order valence-corrected chi connectivity index (χ2v) is 4.16. The third-order valence-electron chi connectivity index (χ3n) is 2.64. The van der Waals surface area contributed by atoms with Crippen molar-refractivity contribution in [2.24, 2.45) is 0 Å². The van der Waals surface area contributed by atoms with Gasteiger partial charge in [0.2, 0.25) is 0 Å². The third-order valence-corrected chi connectivity index (χ3v) is 2.64. The van der Waals surface area contributed by atoms with E-state index < -0.39 is 11.7 Å². The van der Waals surface area contributed by atoms with Gasteiger partial charge in [0.25, 0.3) is 5.91 Å². The Morgan fingerprint density at radius 3 is 3.05 bits per heavy atom. The molecule has 0 aliphatic carbocycles. The van der Waals surface area contributed by atoms with Gasteiger partial charge in [0.15, 0.2) is 5.82 Å². The van der Waals surface area contributed by atoms with Crippen molar-refractivity contribution in [3.8, 4) is 0 Å². The minimum atomic E-state index is -0.572. The Hall–Kier alpha value is -2.37. The van der Waals surface area contributed by atoms with E-state index in [1.807, 2.05) is 6.92 Å². The van der Waals surface area contributed by atoms with E-state index in [2.05, 4.69) is 10.3 Å². The van der Waals surface area contributed by atoms with E-state index in [1.54, 1.807) is 16.8 Å². The molecule has 2 aromatic rings. The summed E-state index contributed by atoms with van der Waals surface area (Å²) in [5.41, 5.74) is 6.71. The van der Waals surface area contributed by atoms with Gasteiger partial charge in [-0.05, 0) is 18.6 Å². The number of carbonyl (C=O) groups is 1. The van der Waals surface area contributed by atoms with Gasteiger partial charge in [0.05, 0.1) is 17.6 Å². The summed E-state index contributed by atoms with van der Waals surface area (Å²) in [7, 11) is 0. The predicted octanol–water partition coefficient (Wildman–Crippen LogP) is 2.27. The van der Waals surface area contributed by atoms with Crippen LogP contribution in [0.2, 0.25) is 0 Å². The number of halogens is 1. The Kier molecular flexibility index (Phi) is 3.79. The molecule has 0 fully saturated rings. The van der Waals surface area contributed by atoms with Crippen LogP contribution >= 0.6 is 0 Å². The second-order valence-electron chi connectivity index (χ2n) is 4.16. The van der Waals surface area contributed by atoms with Crippen molar-refractivity contribution in [2.45, 2.75) is 19.9 Å². The summed E-state index contributed by atoms with van der Waals surface area (Å²) < 4.78 is 15.2. The Balaban J connectivity index is 2.23. The number of nitrogens with two attached hydrogens (primary N) is 1. The molecule has 0 aliphatic rings. The largest absolute Gasteiger partial charge is 0.397 e. The van der Waals surface area contributed by atoms with E-state index >= 15 is 0 Å². The molecule has 1 amide bonds. The zero-order chi connectivity index (χ0) is 13.8. The van der Waals surface area contributed by atoms with Crippen LogP contribution in [0, 0.1) is 5.82 Å². The Labute approximate surface area is 110 Å². The summed E-state index contributed by atoms with van der Waals surface area (Å²) in [5.74, 6) is -0.965. The fourth-order valence-corrected chi connectivity index (χ4v) is 1.81. The Bertz CT molecular complexity index is 594. The molecule has 0 bridgehead atoms. The van der Waals surface area contributed by atoms with Crippen LogP contribution in [0.5, 0.6) is 0 Å². The van der Waals surface area contributed by atoms with E-state index in [1.165, 1.54) is 12.3 Å². The van der Waals surface area contributed by atoms with Crippen LogP contribution in [0.25, 0.3) is 0 Å². The monoisotopic (exact) mass is 262 g/mol. The number of nitrogens with zero attached hydrogens (tertiary/aromatic N) is 2. The molecule has 100 valence electrons. The predicted molar refractivity (Wildman–Crippen MR) is 71.3 cm³/mol. The molecule has 0 saturated heterocycles. The van der Waals surface area contributed by atoms with Crippen LogP contribution in [0.3, 0.4) is 0 Å². The van der Waals surface area contributed by atoms with Crippen LogP contribution in [-0.4, -0.2) is 15.5 Å². The molecule has 0 aliphatic heterocycles. The highest BCUT2D eigenvalue weighted by molar-refractivity contribution is 6.03. The molecule has 0 unspecified atom stereocenters. The summed E-state index contributed by atoms with van der Waals surface area (Å²) in [5, 5.41) is 2.51. The second kappa shape index (κ2) is 5.51. The van der Waals surface area contributed by atoms with Crippen LogP contribution in [0.1, 0.15) is 23.8 Å². The molecule has 6 heteroatoms. The number of amides is 1. The molecule has 0 saturated carbocycles. The highest BCUT2D eigenvalue weighted by Gasteiger charge is 2.14. The first-order chi connectivity index (χ1) is 9.11. The van der Waals surface area contributed by atoms with Crippen LogP contribution < -0.4 is 11.1 Å².